The third-order valence-corrected chi connectivity index (χ3v) is 6.90. The molecular formula is C25H26N4OS. The van der Waals surface area contributed by atoms with Crippen molar-refractivity contribution in [3.63, 3.8) is 0 Å². The van der Waals surface area contributed by atoms with Gasteiger partial charge < -0.3 is 14.5 Å². The van der Waals surface area contributed by atoms with E-state index >= 15 is 0 Å². The van der Waals surface area contributed by atoms with Gasteiger partial charge in [-0.05, 0) is 49.2 Å². The maximum atomic E-state index is 5.32. The van der Waals surface area contributed by atoms with Gasteiger partial charge in [0.25, 0.3) is 0 Å². The first-order valence-electron chi connectivity index (χ1n) is 10.6. The van der Waals surface area contributed by atoms with Crippen molar-refractivity contribution in [3.05, 3.63) is 65.8 Å². The van der Waals surface area contributed by atoms with Crippen LogP contribution in [0.5, 0.6) is 5.75 Å². The van der Waals surface area contributed by atoms with Crippen LogP contribution in [0.25, 0.3) is 21.3 Å². The maximum absolute atomic E-state index is 5.32. The molecule has 0 saturated carbocycles. The predicted octanol–water partition coefficient (Wildman–Crippen LogP) is 5.39. The Hall–Kier alpha value is -3.12. The van der Waals surface area contributed by atoms with Crippen molar-refractivity contribution in [2.24, 2.45) is 0 Å². The van der Waals surface area contributed by atoms with Crippen LogP contribution < -0.4 is 14.5 Å². The van der Waals surface area contributed by atoms with Crippen LogP contribution in [0, 0.1) is 6.92 Å². The van der Waals surface area contributed by atoms with Gasteiger partial charge in [-0.15, -0.1) is 11.3 Å². The fraction of sp³-hybridized carbons (Fsp3) is 0.280. The van der Waals surface area contributed by atoms with E-state index in [4.69, 9.17) is 9.72 Å². The second kappa shape index (κ2) is 8.19. The standard InChI is InChI=1S/C25H26N4OS/c1-17-5-4-6-20(13-17)29-12-11-28(14-18(29)2)24-23-22(15-31-25(23)27-16-26-24)19-7-9-21(30-3)10-8-19/h4-10,13,15-16,18H,11-12,14H2,1-3H3/t18-/m0/s1. The van der Waals surface area contributed by atoms with Gasteiger partial charge >= 0.3 is 0 Å². The third-order valence-electron chi connectivity index (χ3n) is 6.01. The van der Waals surface area contributed by atoms with Crippen molar-refractivity contribution in [3.8, 4) is 16.9 Å². The number of aryl methyl sites for hydroxylation is 1. The molecule has 0 spiro atoms. The van der Waals surface area contributed by atoms with Crippen molar-refractivity contribution in [1.29, 1.82) is 0 Å². The molecular weight excluding hydrogens is 404 g/mol. The predicted molar refractivity (Wildman–Crippen MR) is 130 cm³/mol. The molecule has 158 valence electrons. The number of hydrogen-bond donors (Lipinski definition) is 0. The Morgan fingerprint density at radius 3 is 2.65 bits per heavy atom. The van der Waals surface area contributed by atoms with E-state index in [1.54, 1.807) is 24.8 Å². The maximum Gasteiger partial charge on any atom is 0.141 e. The second-order valence-corrected chi connectivity index (χ2v) is 8.94. The molecule has 6 heteroatoms. The zero-order chi connectivity index (χ0) is 21.4. The summed E-state index contributed by atoms with van der Waals surface area (Å²) in [4.78, 5) is 15.3. The Balaban J connectivity index is 1.47. The van der Waals surface area contributed by atoms with Crippen molar-refractivity contribution in [2.45, 2.75) is 19.9 Å². The molecule has 0 amide bonds. The van der Waals surface area contributed by atoms with Gasteiger partial charge in [0.2, 0.25) is 0 Å². The Bertz CT molecular complexity index is 1200. The van der Waals surface area contributed by atoms with Crippen LogP contribution in [0.1, 0.15) is 12.5 Å². The summed E-state index contributed by atoms with van der Waals surface area (Å²) in [6.45, 7) is 7.28. The van der Waals surface area contributed by atoms with Crippen LogP contribution in [0.4, 0.5) is 11.5 Å². The Morgan fingerprint density at radius 2 is 1.90 bits per heavy atom. The molecule has 0 aliphatic carbocycles. The molecule has 5 nitrogen and oxygen atoms in total. The Morgan fingerprint density at radius 1 is 1.06 bits per heavy atom. The normalized spacial score (nSPS) is 16.7. The minimum Gasteiger partial charge on any atom is -0.497 e. The lowest BCUT2D eigenvalue weighted by molar-refractivity contribution is 0.415. The number of hydrogen-bond acceptors (Lipinski definition) is 6. The molecule has 2 aromatic heterocycles. The van der Waals surface area contributed by atoms with Crippen molar-refractivity contribution in [1.82, 2.24) is 9.97 Å². The van der Waals surface area contributed by atoms with Crippen molar-refractivity contribution in [2.75, 3.05) is 36.5 Å². The van der Waals surface area contributed by atoms with Gasteiger partial charge in [-0.2, -0.15) is 0 Å². The third kappa shape index (κ3) is 3.72. The van der Waals surface area contributed by atoms with E-state index in [0.717, 1.165) is 47.0 Å². The largest absolute Gasteiger partial charge is 0.497 e. The highest BCUT2D eigenvalue weighted by Crippen LogP contribution is 2.39. The van der Waals surface area contributed by atoms with E-state index in [-0.39, 0.29) is 0 Å². The van der Waals surface area contributed by atoms with Crippen molar-refractivity contribution < 1.29 is 4.74 Å². The van der Waals surface area contributed by atoms with Crippen molar-refractivity contribution >= 4 is 33.1 Å². The zero-order valence-electron chi connectivity index (χ0n) is 18.1. The highest BCUT2D eigenvalue weighted by molar-refractivity contribution is 7.17. The van der Waals surface area contributed by atoms with Crippen LogP contribution in [0.3, 0.4) is 0 Å². The summed E-state index contributed by atoms with van der Waals surface area (Å²) in [7, 11) is 1.69. The van der Waals surface area contributed by atoms with Gasteiger partial charge in [0.15, 0.2) is 0 Å². The fourth-order valence-electron chi connectivity index (χ4n) is 4.42. The summed E-state index contributed by atoms with van der Waals surface area (Å²) >= 11 is 1.68. The van der Waals surface area contributed by atoms with E-state index in [9.17, 15) is 0 Å². The summed E-state index contributed by atoms with van der Waals surface area (Å²) in [6, 6.07) is 17.4. The van der Waals surface area contributed by atoms with E-state index in [2.05, 4.69) is 70.4 Å². The molecule has 0 unspecified atom stereocenters. The molecule has 1 atom stereocenters. The van der Waals surface area contributed by atoms with Gasteiger partial charge in [-0.25, -0.2) is 9.97 Å². The SMILES string of the molecule is COc1ccc(-c2csc3ncnc(N4CCN(c5cccc(C)c5)[C@@H](C)C4)c23)cc1. The number of aromatic nitrogens is 2. The van der Waals surface area contributed by atoms with Gasteiger partial charge in [-0.1, -0.05) is 24.3 Å². The number of nitrogens with zero attached hydrogens (tertiary/aromatic N) is 4. The van der Waals surface area contributed by atoms with E-state index in [0.29, 0.717) is 6.04 Å². The topological polar surface area (TPSA) is 41.5 Å². The molecule has 0 radical (unpaired) electrons. The van der Waals surface area contributed by atoms with Crippen LogP contribution >= 0.6 is 11.3 Å². The number of benzene rings is 2. The smallest absolute Gasteiger partial charge is 0.141 e. The Labute approximate surface area is 186 Å². The van der Waals surface area contributed by atoms with Gasteiger partial charge in [-0.3, -0.25) is 0 Å². The molecule has 1 saturated heterocycles. The summed E-state index contributed by atoms with van der Waals surface area (Å²) in [5.74, 6) is 1.90. The molecule has 31 heavy (non-hydrogen) atoms. The first-order chi connectivity index (χ1) is 15.1. The molecule has 2 aromatic carbocycles. The average Bonchev–Trinajstić information content (AvgIpc) is 3.23. The van der Waals surface area contributed by atoms with Crippen LogP contribution in [0.15, 0.2) is 60.2 Å². The first-order valence-corrected chi connectivity index (χ1v) is 11.5. The Kier molecular flexibility index (Phi) is 5.24. The number of thiophene rings is 1. The van der Waals surface area contributed by atoms with Crippen LogP contribution in [-0.4, -0.2) is 42.8 Å². The average molecular weight is 431 g/mol. The molecule has 1 aliphatic heterocycles. The zero-order valence-corrected chi connectivity index (χ0v) is 18.9. The highest BCUT2D eigenvalue weighted by atomic mass is 32.1. The van der Waals surface area contributed by atoms with Gasteiger partial charge in [0.1, 0.15) is 22.7 Å². The summed E-state index contributed by atoms with van der Waals surface area (Å²) in [5, 5.41) is 3.34. The molecule has 1 aliphatic rings. The number of methoxy groups -OCH3 is 1. The number of ether oxygens (including phenoxy) is 1. The summed E-state index contributed by atoms with van der Waals surface area (Å²) < 4.78 is 5.32. The summed E-state index contributed by atoms with van der Waals surface area (Å²) in [6.07, 6.45) is 1.70. The lowest BCUT2D eigenvalue weighted by Gasteiger charge is -2.42. The van der Waals surface area contributed by atoms with Crippen LogP contribution in [-0.2, 0) is 0 Å². The number of piperazine rings is 1. The fourth-order valence-corrected chi connectivity index (χ4v) is 5.33. The first kappa shape index (κ1) is 19.8. The molecule has 4 aromatic rings. The van der Waals surface area contributed by atoms with Crippen LogP contribution in [0.2, 0.25) is 0 Å². The molecule has 3 heterocycles. The van der Waals surface area contributed by atoms with E-state index in [1.807, 2.05) is 12.1 Å². The molecule has 0 bridgehead atoms. The second-order valence-electron chi connectivity index (χ2n) is 8.08. The summed E-state index contributed by atoms with van der Waals surface area (Å²) in [5.41, 5.74) is 4.95. The van der Waals surface area contributed by atoms with Gasteiger partial charge in [0, 0.05) is 42.3 Å². The quantitative estimate of drug-likeness (QED) is 0.434. The van der Waals surface area contributed by atoms with Gasteiger partial charge in [0.05, 0.1) is 12.5 Å². The lowest BCUT2D eigenvalue weighted by Crippen LogP contribution is -2.52. The molecule has 1 fully saturated rings. The number of anilines is 2. The minimum absolute atomic E-state index is 0.392. The number of rotatable bonds is 4. The number of fused-ring (bicyclic) bond motifs is 1. The monoisotopic (exact) mass is 430 g/mol. The lowest BCUT2D eigenvalue weighted by atomic mass is 10.0. The van der Waals surface area contributed by atoms with E-state index < -0.39 is 0 Å². The van der Waals surface area contributed by atoms with E-state index in [1.165, 1.54) is 16.8 Å². The molecule has 5 rings (SSSR count). The highest BCUT2D eigenvalue weighted by Gasteiger charge is 2.27. The molecule has 0 N–H and O–H groups in total. The minimum atomic E-state index is 0.392.